The number of terminal acetylenes is 1. The van der Waals surface area contributed by atoms with Gasteiger partial charge in [0.25, 0.3) is 0 Å². The van der Waals surface area contributed by atoms with Gasteiger partial charge in [0, 0.05) is 0 Å². The second-order valence-corrected chi connectivity index (χ2v) is 3.67. The lowest BCUT2D eigenvalue weighted by Crippen LogP contribution is -2.14. The van der Waals surface area contributed by atoms with Crippen LogP contribution < -0.4 is 0 Å². The van der Waals surface area contributed by atoms with Crippen LogP contribution in [0, 0.1) is 18.3 Å². The highest BCUT2D eigenvalue weighted by Gasteiger charge is 2.17. The van der Waals surface area contributed by atoms with Gasteiger partial charge in [-0.1, -0.05) is 24.1 Å². The predicted molar refractivity (Wildman–Crippen MR) is 55.1 cm³/mol. The van der Waals surface area contributed by atoms with Crippen LogP contribution in [0.3, 0.4) is 0 Å². The van der Waals surface area contributed by atoms with Crippen molar-refractivity contribution in [2.45, 2.75) is 32.3 Å². The Morgan fingerprint density at radius 2 is 2.54 bits per heavy atom. The minimum absolute atomic E-state index is 0.578. The zero-order valence-corrected chi connectivity index (χ0v) is 8.09. The molecule has 0 saturated heterocycles. The molecule has 1 nitrogen and oxygen atoms in total. The molecule has 0 aromatic rings. The third-order valence-corrected chi connectivity index (χ3v) is 2.65. The highest BCUT2D eigenvalue weighted by atomic mass is 16.3. The summed E-state index contributed by atoms with van der Waals surface area (Å²) in [5.41, 5.74) is 2.23. The Labute approximate surface area is 80.2 Å². The summed E-state index contributed by atoms with van der Waals surface area (Å²) in [5.74, 6) is 2.92. The first-order chi connectivity index (χ1) is 6.15. The SMILES string of the molecule is C#CC(O)C1=CC[C@@H](C(=C)C)CC1. The fourth-order valence-electron chi connectivity index (χ4n) is 1.66. The smallest absolute Gasteiger partial charge is 0.136 e. The fraction of sp³-hybridized carbons (Fsp3) is 0.500. The lowest BCUT2D eigenvalue weighted by atomic mass is 9.84. The van der Waals surface area contributed by atoms with E-state index in [-0.39, 0.29) is 0 Å². The standard InChI is InChI=1S/C12H16O/c1-4-12(13)11-7-5-10(6-8-11)9(2)3/h1,7,10,12-13H,2,5-6,8H2,3H3/t10-,12?/m1/s1. The Kier molecular flexibility index (Phi) is 3.33. The third-order valence-electron chi connectivity index (χ3n) is 2.65. The van der Waals surface area contributed by atoms with E-state index in [1.54, 1.807) is 0 Å². The van der Waals surface area contributed by atoms with Gasteiger partial charge in [-0.25, -0.2) is 0 Å². The molecule has 1 rings (SSSR count). The lowest BCUT2D eigenvalue weighted by Gasteiger charge is -2.22. The molecule has 1 heteroatoms. The monoisotopic (exact) mass is 176 g/mol. The Bertz CT molecular complexity index is 267. The largest absolute Gasteiger partial charge is 0.376 e. The first-order valence-electron chi connectivity index (χ1n) is 4.63. The molecule has 0 fully saturated rings. The van der Waals surface area contributed by atoms with Gasteiger partial charge in [-0.2, -0.15) is 0 Å². The molecule has 0 spiro atoms. The molecule has 0 radical (unpaired) electrons. The third kappa shape index (κ3) is 2.47. The summed E-state index contributed by atoms with van der Waals surface area (Å²) < 4.78 is 0. The number of rotatable bonds is 2. The molecule has 1 N–H and O–H groups in total. The number of hydrogen-bond donors (Lipinski definition) is 1. The zero-order valence-electron chi connectivity index (χ0n) is 8.09. The van der Waals surface area contributed by atoms with Crippen LogP contribution in [0.5, 0.6) is 0 Å². The highest BCUT2D eigenvalue weighted by Crippen LogP contribution is 2.29. The molecule has 2 atom stereocenters. The molecule has 0 amide bonds. The van der Waals surface area contributed by atoms with Gasteiger partial charge in [-0.15, -0.1) is 6.42 Å². The summed E-state index contributed by atoms with van der Waals surface area (Å²) in [6, 6.07) is 0. The van der Waals surface area contributed by atoms with Gasteiger partial charge in [0.05, 0.1) is 0 Å². The molecule has 70 valence electrons. The van der Waals surface area contributed by atoms with Crippen molar-refractivity contribution in [1.82, 2.24) is 0 Å². The van der Waals surface area contributed by atoms with Crippen molar-refractivity contribution in [2.24, 2.45) is 5.92 Å². The minimum Gasteiger partial charge on any atom is -0.376 e. The van der Waals surface area contributed by atoms with Crippen LogP contribution in [0.4, 0.5) is 0 Å². The van der Waals surface area contributed by atoms with Gasteiger partial charge >= 0.3 is 0 Å². The summed E-state index contributed by atoms with van der Waals surface area (Å²) in [6.07, 6.45) is 9.48. The Balaban J connectivity index is 2.58. The minimum atomic E-state index is -0.675. The van der Waals surface area contributed by atoms with Gasteiger partial charge in [-0.3, -0.25) is 0 Å². The van der Waals surface area contributed by atoms with Gasteiger partial charge in [-0.05, 0) is 37.7 Å². The van der Waals surface area contributed by atoms with E-state index in [1.165, 1.54) is 5.57 Å². The van der Waals surface area contributed by atoms with E-state index in [0.29, 0.717) is 5.92 Å². The van der Waals surface area contributed by atoms with Crippen molar-refractivity contribution >= 4 is 0 Å². The summed E-state index contributed by atoms with van der Waals surface area (Å²) in [5, 5.41) is 9.38. The molecule has 1 aliphatic carbocycles. The molecule has 0 aromatic carbocycles. The molecule has 1 aliphatic rings. The van der Waals surface area contributed by atoms with Crippen molar-refractivity contribution in [3.05, 3.63) is 23.8 Å². The Morgan fingerprint density at radius 1 is 1.85 bits per heavy atom. The van der Waals surface area contributed by atoms with Crippen LogP contribution in [-0.2, 0) is 0 Å². The van der Waals surface area contributed by atoms with E-state index >= 15 is 0 Å². The topological polar surface area (TPSA) is 20.2 Å². The van der Waals surface area contributed by atoms with Crippen LogP contribution in [0.1, 0.15) is 26.2 Å². The molecule has 0 bridgehead atoms. The Morgan fingerprint density at radius 3 is 2.92 bits per heavy atom. The number of aliphatic hydroxyl groups is 1. The van der Waals surface area contributed by atoms with Crippen LogP contribution in [0.25, 0.3) is 0 Å². The summed E-state index contributed by atoms with van der Waals surface area (Å²) in [4.78, 5) is 0. The highest BCUT2D eigenvalue weighted by molar-refractivity contribution is 5.22. The van der Waals surface area contributed by atoms with E-state index in [9.17, 15) is 5.11 Å². The quantitative estimate of drug-likeness (QED) is 0.505. The maximum absolute atomic E-state index is 9.38. The molecule has 0 aliphatic heterocycles. The normalized spacial score (nSPS) is 24.4. The molecule has 0 heterocycles. The van der Waals surface area contributed by atoms with Gasteiger partial charge in [0.2, 0.25) is 0 Å². The second-order valence-electron chi connectivity index (χ2n) is 3.67. The average molecular weight is 176 g/mol. The first-order valence-corrected chi connectivity index (χ1v) is 4.63. The molecular weight excluding hydrogens is 160 g/mol. The molecule has 0 aromatic heterocycles. The van der Waals surface area contributed by atoms with E-state index in [1.807, 2.05) is 0 Å². The van der Waals surface area contributed by atoms with Gasteiger partial charge < -0.3 is 5.11 Å². The molecule has 1 unspecified atom stereocenters. The van der Waals surface area contributed by atoms with Crippen molar-refractivity contribution in [3.63, 3.8) is 0 Å². The lowest BCUT2D eigenvalue weighted by molar-refractivity contribution is 0.258. The maximum atomic E-state index is 9.38. The van der Waals surface area contributed by atoms with Crippen LogP contribution in [0.15, 0.2) is 23.8 Å². The van der Waals surface area contributed by atoms with Crippen LogP contribution in [0.2, 0.25) is 0 Å². The van der Waals surface area contributed by atoms with E-state index in [0.717, 1.165) is 24.8 Å². The summed E-state index contributed by atoms with van der Waals surface area (Å²) in [6.45, 7) is 5.99. The van der Waals surface area contributed by atoms with Crippen LogP contribution in [-0.4, -0.2) is 11.2 Å². The second kappa shape index (κ2) is 4.30. The van der Waals surface area contributed by atoms with E-state index in [2.05, 4.69) is 25.5 Å². The summed E-state index contributed by atoms with van der Waals surface area (Å²) in [7, 11) is 0. The van der Waals surface area contributed by atoms with Crippen molar-refractivity contribution in [1.29, 1.82) is 0 Å². The molecular formula is C12H16O. The fourth-order valence-corrected chi connectivity index (χ4v) is 1.66. The molecule has 13 heavy (non-hydrogen) atoms. The summed E-state index contributed by atoms with van der Waals surface area (Å²) >= 11 is 0. The van der Waals surface area contributed by atoms with Crippen molar-refractivity contribution in [3.8, 4) is 12.3 Å². The van der Waals surface area contributed by atoms with Crippen molar-refractivity contribution < 1.29 is 5.11 Å². The average Bonchev–Trinajstić information content (AvgIpc) is 2.17. The number of allylic oxidation sites excluding steroid dienone is 2. The maximum Gasteiger partial charge on any atom is 0.136 e. The van der Waals surface area contributed by atoms with Crippen molar-refractivity contribution in [2.75, 3.05) is 0 Å². The zero-order chi connectivity index (χ0) is 9.84. The van der Waals surface area contributed by atoms with E-state index in [4.69, 9.17) is 6.42 Å². The number of hydrogen-bond acceptors (Lipinski definition) is 1. The van der Waals surface area contributed by atoms with Gasteiger partial charge in [0.1, 0.15) is 6.10 Å². The predicted octanol–water partition coefficient (Wildman–Crippen LogP) is 2.28. The van der Waals surface area contributed by atoms with Gasteiger partial charge in [0.15, 0.2) is 0 Å². The number of aliphatic hydroxyl groups excluding tert-OH is 1. The Hall–Kier alpha value is -1.00. The van der Waals surface area contributed by atoms with E-state index < -0.39 is 6.10 Å². The van der Waals surface area contributed by atoms with Crippen LogP contribution >= 0.6 is 0 Å². The molecule has 0 saturated carbocycles. The first kappa shape index (κ1) is 10.1.